The molecule has 0 unspecified atom stereocenters. The number of aromatic nitrogens is 2. The maximum Gasteiger partial charge on any atom is 0.274 e. The van der Waals surface area contributed by atoms with E-state index in [1.54, 1.807) is 24.3 Å². The van der Waals surface area contributed by atoms with Crippen molar-refractivity contribution in [2.75, 3.05) is 17.7 Å². The number of hydrogen-bond acceptors (Lipinski definition) is 5. The second-order valence-electron chi connectivity index (χ2n) is 5.30. The third-order valence-electron chi connectivity index (χ3n) is 3.50. The molecule has 1 aromatic heterocycles. The predicted molar refractivity (Wildman–Crippen MR) is 92.6 cm³/mol. The Morgan fingerprint density at radius 3 is 2.67 bits per heavy atom. The predicted octanol–water partition coefficient (Wildman–Crippen LogP) is 3.90. The zero-order chi connectivity index (χ0) is 19.4. The van der Waals surface area contributed by atoms with E-state index in [0.29, 0.717) is 11.4 Å². The van der Waals surface area contributed by atoms with Crippen molar-refractivity contribution in [3.05, 3.63) is 71.8 Å². The van der Waals surface area contributed by atoms with Gasteiger partial charge in [0, 0.05) is 18.0 Å². The van der Waals surface area contributed by atoms with Gasteiger partial charge >= 0.3 is 0 Å². The number of rotatable bonds is 5. The number of amides is 1. The lowest BCUT2D eigenvalue weighted by Gasteiger charge is -2.09. The number of hydrogen-bond donors (Lipinski definition) is 2. The highest BCUT2D eigenvalue weighted by molar-refractivity contribution is 6.03. The summed E-state index contributed by atoms with van der Waals surface area (Å²) in [6.45, 7) is 0. The van der Waals surface area contributed by atoms with Crippen LogP contribution in [0.2, 0.25) is 0 Å². The van der Waals surface area contributed by atoms with Crippen molar-refractivity contribution in [2.24, 2.45) is 0 Å². The zero-order valence-corrected chi connectivity index (χ0v) is 14.0. The molecular weight excluding hydrogens is 361 g/mol. The first-order valence-electron chi connectivity index (χ1n) is 7.67. The van der Waals surface area contributed by atoms with Crippen molar-refractivity contribution < 1.29 is 22.7 Å². The van der Waals surface area contributed by atoms with Crippen molar-refractivity contribution in [1.82, 2.24) is 9.97 Å². The highest BCUT2D eigenvalue weighted by Gasteiger charge is 2.15. The van der Waals surface area contributed by atoms with Crippen LogP contribution in [-0.4, -0.2) is 23.0 Å². The molecule has 2 aromatic carbocycles. The van der Waals surface area contributed by atoms with Crippen LogP contribution >= 0.6 is 0 Å². The molecule has 27 heavy (non-hydrogen) atoms. The monoisotopic (exact) mass is 374 g/mol. The van der Waals surface area contributed by atoms with Gasteiger partial charge in [-0.25, -0.2) is 23.1 Å². The Labute approximate surface area is 152 Å². The fourth-order valence-corrected chi connectivity index (χ4v) is 2.18. The maximum atomic E-state index is 13.7. The van der Waals surface area contributed by atoms with Crippen molar-refractivity contribution in [3.63, 3.8) is 0 Å². The molecule has 0 aliphatic heterocycles. The van der Waals surface area contributed by atoms with E-state index in [2.05, 4.69) is 20.6 Å². The summed E-state index contributed by atoms with van der Waals surface area (Å²) in [5.74, 6) is -4.48. The van der Waals surface area contributed by atoms with Crippen LogP contribution in [0, 0.1) is 17.5 Å². The number of carbonyl (C=O) groups is 1. The third-order valence-corrected chi connectivity index (χ3v) is 3.50. The highest BCUT2D eigenvalue weighted by atomic mass is 19.2. The molecule has 0 spiro atoms. The van der Waals surface area contributed by atoms with Gasteiger partial charge in [0.25, 0.3) is 5.91 Å². The lowest BCUT2D eigenvalue weighted by Crippen LogP contribution is -2.15. The first-order chi connectivity index (χ1) is 13.0. The van der Waals surface area contributed by atoms with Gasteiger partial charge in [0.2, 0.25) is 5.95 Å². The number of nitrogens with zero attached hydrogens (tertiary/aromatic N) is 2. The van der Waals surface area contributed by atoms with Crippen LogP contribution in [0.4, 0.5) is 30.5 Å². The average molecular weight is 374 g/mol. The molecule has 3 rings (SSSR count). The molecule has 6 nitrogen and oxygen atoms in total. The minimum atomic E-state index is -1.62. The molecule has 3 aromatic rings. The second-order valence-corrected chi connectivity index (χ2v) is 5.30. The summed E-state index contributed by atoms with van der Waals surface area (Å²) in [6, 6.07) is 9.82. The lowest BCUT2D eigenvalue weighted by molar-refractivity contribution is 0.102. The number of halogens is 3. The Hall–Kier alpha value is -3.62. The summed E-state index contributed by atoms with van der Waals surface area (Å²) in [7, 11) is 1.50. The van der Waals surface area contributed by atoms with E-state index in [4.69, 9.17) is 4.74 Å². The van der Waals surface area contributed by atoms with Gasteiger partial charge in [0.05, 0.1) is 12.8 Å². The standard InChI is InChI=1S/C18H13F3N4O2/c1-27-11-4-2-3-10(9-11)23-17(26)14-7-8-22-18(25-14)24-13-6-5-12(19)15(20)16(13)21/h2-9H,1H3,(H,23,26)(H,22,24,25). The summed E-state index contributed by atoms with van der Waals surface area (Å²) < 4.78 is 45.1. The largest absolute Gasteiger partial charge is 0.497 e. The first-order valence-corrected chi connectivity index (χ1v) is 7.67. The molecule has 0 atom stereocenters. The van der Waals surface area contributed by atoms with Crippen molar-refractivity contribution >= 4 is 23.2 Å². The smallest absolute Gasteiger partial charge is 0.274 e. The zero-order valence-electron chi connectivity index (χ0n) is 14.0. The molecule has 0 fully saturated rings. The van der Waals surface area contributed by atoms with E-state index in [1.807, 2.05) is 0 Å². The summed E-state index contributed by atoms with van der Waals surface area (Å²) >= 11 is 0. The normalized spacial score (nSPS) is 10.4. The maximum absolute atomic E-state index is 13.7. The van der Waals surface area contributed by atoms with Crippen molar-refractivity contribution in [2.45, 2.75) is 0 Å². The van der Waals surface area contributed by atoms with E-state index in [-0.39, 0.29) is 17.3 Å². The summed E-state index contributed by atoms with van der Waals surface area (Å²) in [5, 5.41) is 5.05. The van der Waals surface area contributed by atoms with Gasteiger partial charge < -0.3 is 15.4 Å². The van der Waals surface area contributed by atoms with Gasteiger partial charge in [0.1, 0.15) is 11.4 Å². The minimum absolute atomic E-state index is 0.0155. The summed E-state index contributed by atoms with van der Waals surface area (Å²) in [4.78, 5) is 20.1. The van der Waals surface area contributed by atoms with Gasteiger partial charge in [-0.3, -0.25) is 4.79 Å². The number of methoxy groups -OCH3 is 1. The molecule has 2 N–H and O–H groups in total. The molecule has 0 aliphatic carbocycles. The Morgan fingerprint density at radius 2 is 1.89 bits per heavy atom. The number of benzene rings is 2. The van der Waals surface area contributed by atoms with Crippen LogP contribution in [0.3, 0.4) is 0 Å². The Kier molecular flexibility index (Phi) is 5.20. The number of ether oxygens (including phenoxy) is 1. The van der Waals surface area contributed by atoms with E-state index < -0.39 is 23.4 Å². The van der Waals surface area contributed by atoms with Gasteiger partial charge in [-0.2, -0.15) is 0 Å². The topological polar surface area (TPSA) is 76.1 Å². The Bertz CT molecular complexity index is 998. The van der Waals surface area contributed by atoms with Crippen LogP contribution in [-0.2, 0) is 0 Å². The molecule has 138 valence electrons. The second kappa shape index (κ2) is 7.73. The molecule has 0 aliphatic rings. The van der Waals surface area contributed by atoms with E-state index in [9.17, 15) is 18.0 Å². The van der Waals surface area contributed by atoms with Gasteiger partial charge in [-0.1, -0.05) is 6.07 Å². The van der Waals surface area contributed by atoms with E-state index >= 15 is 0 Å². The number of nitrogens with one attached hydrogen (secondary N) is 2. The van der Waals surface area contributed by atoms with Gasteiger partial charge in [-0.15, -0.1) is 0 Å². The lowest BCUT2D eigenvalue weighted by atomic mass is 10.2. The fraction of sp³-hybridized carbons (Fsp3) is 0.0556. The summed E-state index contributed by atoms with van der Waals surface area (Å²) in [5.41, 5.74) is 0.108. The quantitative estimate of drug-likeness (QED) is 0.663. The number of carbonyl (C=O) groups excluding carboxylic acids is 1. The van der Waals surface area contributed by atoms with Crippen LogP contribution in [0.5, 0.6) is 5.75 Å². The van der Waals surface area contributed by atoms with Gasteiger partial charge in [0.15, 0.2) is 17.5 Å². The van der Waals surface area contributed by atoms with Gasteiger partial charge in [-0.05, 0) is 30.3 Å². The molecular formula is C18H13F3N4O2. The minimum Gasteiger partial charge on any atom is -0.497 e. The molecule has 9 heteroatoms. The van der Waals surface area contributed by atoms with Crippen molar-refractivity contribution in [1.29, 1.82) is 0 Å². The fourth-order valence-electron chi connectivity index (χ4n) is 2.18. The third kappa shape index (κ3) is 4.14. The molecule has 0 radical (unpaired) electrons. The highest BCUT2D eigenvalue weighted by Crippen LogP contribution is 2.22. The molecule has 0 saturated carbocycles. The molecule has 1 heterocycles. The van der Waals surface area contributed by atoms with Crippen LogP contribution < -0.4 is 15.4 Å². The van der Waals surface area contributed by atoms with Crippen LogP contribution in [0.15, 0.2) is 48.7 Å². The first kappa shape index (κ1) is 18.2. The Balaban J connectivity index is 1.79. The van der Waals surface area contributed by atoms with E-state index in [0.717, 1.165) is 12.1 Å². The van der Waals surface area contributed by atoms with Crippen LogP contribution in [0.1, 0.15) is 10.5 Å². The average Bonchev–Trinajstić information content (AvgIpc) is 2.69. The molecule has 0 saturated heterocycles. The van der Waals surface area contributed by atoms with E-state index in [1.165, 1.54) is 19.4 Å². The molecule has 1 amide bonds. The molecule has 0 bridgehead atoms. The Morgan fingerprint density at radius 1 is 1.07 bits per heavy atom. The SMILES string of the molecule is COc1cccc(NC(=O)c2ccnc(Nc3ccc(F)c(F)c3F)n2)c1. The van der Waals surface area contributed by atoms with Crippen molar-refractivity contribution in [3.8, 4) is 5.75 Å². The summed E-state index contributed by atoms with van der Waals surface area (Å²) in [6.07, 6.45) is 1.27. The number of anilines is 3. The van der Waals surface area contributed by atoms with Crippen LogP contribution in [0.25, 0.3) is 0 Å².